The van der Waals surface area contributed by atoms with Crippen LogP contribution in [0, 0.1) is 12.8 Å². The van der Waals surface area contributed by atoms with Crippen LogP contribution < -0.4 is 0 Å². The van der Waals surface area contributed by atoms with Gasteiger partial charge >= 0.3 is 0 Å². The molecule has 2 rings (SSSR count). The quantitative estimate of drug-likeness (QED) is 0.714. The molecule has 1 aliphatic carbocycles. The summed E-state index contributed by atoms with van der Waals surface area (Å²) < 4.78 is 0. The summed E-state index contributed by atoms with van der Waals surface area (Å²) in [7, 11) is 0. The van der Waals surface area contributed by atoms with E-state index in [0.29, 0.717) is 0 Å². The molecule has 2 unspecified atom stereocenters. The lowest BCUT2D eigenvalue weighted by atomic mass is 10.3. The first-order valence-electron chi connectivity index (χ1n) is 3.79. The molecule has 1 heterocycles. The highest BCUT2D eigenvalue weighted by atomic mass is 79.9. The van der Waals surface area contributed by atoms with E-state index in [1.165, 1.54) is 17.1 Å². The van der Waals surface area contributed by atoms with Gasteiger partial charge in [-0.2, -0.15) is 0 Å². The summed E-state index contributed by atoms with van der Waals surface area (Å²) in [5.74, 6) is 1.62. The van der Waals surface area contributed by atoms with Crippen LogP contribution in [0.3, 0.4) is 0 Å². The molecule has 0 amide bonds. The Balaban J connectivity index is 2.08. The fourth-order valence-electron chi connectivity index (χ4n) is 1.33. The minimum atomic E-state index is 0.763. The first-order chi connectivity index (χ1) is 5.31. The van der Waals surface area contributed by atoms with Crippen LogP contribution in [0.1, 0.15) is 23.0 Å². The van der Waals surface area contributed by atoms with Gasteiger partial charge in [-0.25, -0.2) is 4.98 Å². The van der Waals surface area contributed by atoms with Gasteiger partial charge in [0.25, 0.3) is 0 Å². The van der Waals surface area contributed by atoms with Crippen molar-refractivity contribution in [1.29, 1.82) is 0 Å². The van der Waals surface area contributed by atoms with Crippen LogP contribution in [0.2, 0.25) is 0 Å². The van der Waals surface area contributed by atoms with Crippen LogP contribution >= 0.6 is 27.3 Å². The van der Waals surface area contributed by atoms with Crippen molar-refractivity contribution in [1.82, 2.24) is 4.98 Å². The molecule has 3 heteroatoms. The predicted molar refractivity (Wildman–Crippen MR) is 51.5 cm³/mol. The average molecular weight is 232 g/mol. The number of aryl methyl sites for hydroxylation is 1. The van der Waals surface area contributed by atoms with E-state index in [2.05, 4.69) is 33.2 Å². The Morgan fingerprint density at radius 3 is 3.09 bits per heavy atom. The van der Waals surface area contributed by atoms with Crippen LogP contribution in [0.25, 0.3) is 0 Å². The highest BCUT2D eigenvalue weighted by molar-refractivity contribution is 9.09. The van der Waals surface area contributed by atoms with E-state index in [1.807, 2.05) is 0 Å². The van der Waals surface area contributed by atoms with Crippen LogP contribution in [0.5, 0.6) is 0 Å². The number of halogens is 1. The predicted octanol–water partition coefficient (Wildman–Crippen LogP) is 2.95. The van der Waals surface area contributed by atoms with Crippen molar-refractivity contribution in [2.45, 2.75) is 19.3 Å². The number of rotatable bonds is 2. The van der Waals surface area contributed by atoms with Gasteiger partial charge in [-0.1, -0.05) is 15.9 Å². The number of thiazole rings is 1. The van der Waals surface area contributed by atoms with Crippen molar-refractivity contribution >= 4 is 27.3 Å². The lowest BCUT2D eigenvalue weighted by molar-refractivity contribution is 0.907. The largest absolute Gasteiger partial charge is 0.246 e. The minimum Gasteiger partial charge on any atom is -0.246 e. The van der Waals surface area contributed by atoms with Crippen LogP contribution in [-0.4, -0.2) is 10.3 Å². The summed E-state index contributed by atoms with van der Waals surface area (Å²) in [6, 6.07) is 0. The maximum atomic E-state index is 4.47. The zero-order valence-corrected chi connectivity index (χ0v) is 8.78. The average Bonchev–Trinajstić information content (AvgIpc) is 2.68. The van der Waals surface area contributed by atoms with E-state index in [9.17, 15) is 0 Å². The number of nitrogens with zero attached hydrogens (tertiary/aromatic N) is 1. The van der Waals surface area contributed by atoms with Crippen LogP contribution in [-0.2, 0) is 0 Å². The van der Waals surface area contributed by atoms with Crippen molar-refractivity contribution in [3.63, 3.8) is 0 Å². The molecule has 60 valence electrons. The van der Waals surface area contributed by atoms with Gasteiger partial charge in [0.05, 0.1) is 10.7 Å². The van der Waals surface area contributed by atoms with E-state index < -0.39 is 0 Å². The van der Waals surface area contributed by atoms with E-state index in [0.717, 1.165) is 17.2 Å². The molecule has 1 nitrogen and oxygen atoms in total. The second-order valence-electron chi connectivity index (χ2n) is 3.05. The van der Waals surface area contributed by atoms with Crippen molar-refractivity contribution in [3.8, 4) is 0 Å². The second kappa shape index (κ2) is 2.87. The summed E-state index contributed by atoms with van der Waals surface area (Å²) in [5, 5.41) is 4.52. The van der Waals surface area contributed by atoms with Crippen molar-refractivity contribution in [2.24, 2.45) is 5.92 Å². The summed E-state index contributed by atoms with van der Waals surface area (Å²) in [5.41, 5.74) is 1.32. The topological polar surface area (TPSA) is 12.9 Å². The molecular formula is C8H10BrNS. The van der Waals surface area contributed by atoms with Gasteiger partial charge in [0.2, 0.25) is 0 Å². The van der Waals surface area contributed by atoms with Crippen molar-refractivity contribution < 1.29 is 0 Å². The molecule has 0 aliphatic heterocycles. The molecule has 1 fully saturated rings. The van der Waals surface area contributed by atoms with E-state index in [1.54, 1.807) is 11.3 Å². The molecule has 0 radical (unpaired) electrons. The molecule has 11 heavy (non-hydrogen) atoms. The van der Waals surface area contributed by atoms with Gasteiger partial charge in [0.15, 0.2) is 0 Å². The van der Waals surface area contributed by atoms with E-state index in [4.69, 9.17) is 0 Å². The molecule has 1 aliphatic rings. The molecule has 0 aromatic carbocycles. The van der Waals surface area contributed by atoms with Gasteiger partial charge < -0.3 is 0 Å². The molecule has 0 saturated heterocycles. The van der Waals surface area contributed by atoms with E-state index >= 15 is 0 Å². The van der Waals surface area contributed by atoms with E-state index in [-0.39, 0.29) is 0 Å². The first kappa shape index (κ1) is 7.74. The fourth-order valence-corrected chi connectivity index (χ4v) is 2.72. The molecule has 0 N–H and O–H groups in total. The maximum Gasteiger partial charge on any atom is 0.0897 e. The molecule has 1 saturated carbocycles. The third-order valence-electron chi connectivity index (χ3n) is 2.14. The molecule has 0 bridgehead atoms. The Morgan fingerprint density at radius 1 is 1.82 bits per heavy atom. The summed E-state index contributed by atoms with van der Waals surface area (Å²) in [6.45, 7) is 2.07. The standard InChI is InChI=1S/C8H10BrNS/c1-5-10-8(4-11-5)7-2-6(7)3-9/h4,6-7H,2-3H2,1H3. The summed E-state index contributed by atoms with van der Waals surface area (Å²) >= 11 is 5.26. The van der Waals surface area contributed by atoms with Crippen molar-refractivity contribution in [3.05, 3.63) is 16.1 Å². The lowest BCUT2D eigenvalue weighted by Gasteiger charge is -1.88. The third-order valence-corrected chi connectivity index (χ3v) is 3.76. The Bertz CT molecular complexity index is 258. The number of alkyl halides is 1. The Labute approximate surface area is 79.0 Å². The first-order valence-corrected chi connectivity index (χ1v) is 5.79. The van der Waals surface area contributed by atoms with Gasteiger partial charge in [-0.05, 0) is 19.3 Å². The molecule has 2 atom stereocenters. The Morgan fingerprint density at radius 2 is 2.64 bits per heavy atom. The highest BCUT2D eigenvalue weighted by Crippen LogP contribution is 2.48. The van der Waals surface area contributed by atoms with Gasteiger partial charge in [0.1, 0.15) is 0 Å². The normalized spacial score (nSPS) is 28.9. The lowest BCUT2D eigenvalue weighted by Crippen LogP contribution is -1.84. The smallest absolute Gasteiger partial charge is 0.0897 e. The third kappa shape index (κ3) is 1.49. The maximum absolute atomic E-state index is 4.47. The zero-order chi connectivity index (χ0) is 7.84. The van der Waals surface area contributed by atoms with Crippen LogP contribution in [0.4, 0.5) is 0 Å². The highest BCUT2D eigenvalue weighted by Gasteiger charge is 2.38. The van der Waals surface area contributed by atoms with Gasteiger partial charge in [0, 0.05) is 16.6 Å². The number of hydrogen-bond acceptors (Lipinski definition) is 2. The van der Waals surface area contributed by atoms with Gasteiger partial charge in [-0.15, -0.1) is 11.3 Å². The van der Waals surface area contributed by atoms with Crippen molar-refractivity contribution in [2.75, 3.05) is 5.33 Å². The molecule has 1 aromatic heterocycles. The minimum absolute atomic E-state index is 0.763. The Hall–Kier alpha value is 0.110. The molecule has 1 aromatic rings. The fraction of sp³-hybridized carbons (Fsp3) is 0.625. The van der Waals surface area contributed by atoms with Gasteiger partial charge in [-0.3, -0.25) is 0 Å². The molecular weight excluding hydrogens is 222 g/mol. The number of hydrogen-bond donors (Lipinski definition) is 0. The summed E-state index contributed by atoms with van der Waals surface area (Å²) in [4.78, 5) is 4.47. The van der Waals surface area contributed by atoms with Crippen LogP contribution in [0.15, 0.2) is 5.38 Å². The monoisotopic (exact) mass is 231 g/mol. The Kier molecular flexibility index (Phi) is 2.02. The molecule has 0 spiro atoms. The summed E-state index contributed by atoms with van der Waals surface area (Å²) in [6.07, 6.45) is 1.33. The SMILES string of the molecule is Cc1nc(C2CC2CBr)cs1. The zero-order valence-electron chi connectivity index (χ0n) is 6.38. The number of aromatic nitrogens is 1. The second-order valence-corrected chi connectivity index (χ2v) is 4.76.